The van der Waals surface area contributed by atoms with Gasteiger partial charge in [0.25, 0.3) is 0 Å². The third-order valence-electron chi connectivity index (χ3n) is 1.47. The van der Waals surface area contributed by atoms with Gasteiger partial charge in [-0.05, 0) is 13.8 Å². The first-order chi connectivity index (χ1) is 7.17. The van der Waals surface area contributed by atoms with E-state index >= 15 is 0 Å². The van der Waals surface area contributed by atoms with Crippen LogP contribution in [0.25, 0.3) is 0 Å². The Morgan fingerprint density at radius 2 is 1.53 bits per heavy atom. The topological polar surface area (TPSA) is 52.6 Å². The van der Waals surface area contributed by atoms with Crippen LogP contribution in [0.3, 0.4) is 0 Å². The summed E-state index contributed by atoms with van der Waals surface area (Å²) in [5.74, 6) is 2.82. The maximum absolute atomic E-state index is 11.3. The van der Waals surface area contributed by atoms with Crippen molar-refractivity contribution in [1.29, 1.82) is 0 Å². The monoisotopic (exact) mass is 212 g/mol. The molecule has 0 unspecified atom stereocenters. The van der Waals surface area contributed by atoms with Crippen LogP contribution in [0, 0.1) is 17.8 Å². The number of hydrogen-bond donors (Lipinski definition) is 0. The molecule has 0 saturated carbocycles. The van der Waals surface area contributed by atoms with E-state index in [1.54, 1.807) is 13.8 Å². The molecule has 0 saturated heterocycles. The summed E-state index contributed by atoms with van der Waals surface area (Å²) in [5.41, 5.74) is 0. The summed E-state index contributed by atoms with van der Waals surface area (Å²) in [7, 11) is 0. The Balaban J connectivity index is 4.56. The van der Waals surface area contributed by atoms with Crippen LogP contribution in [0.15, 0.2) is 0 Å². The van der Waals surface area contributed by atoms with Crippen molar-refractivity contribution in [2.75, 3.05) is 13.2 Å². The van der Waals surface area contributed by atoms with Gasteiger partial charge in [-0.3, -0.25) is 9.59 Å². The molecular weight excluding hydrogens is 196 g/mol. The van der Waals surface area contributed by atoms with Crippen LogP contribution in [0.4, 0.5) is 0 Å². The molecule has 15 heavy (non-hydrogen) atoms. The van der Waals surface area contributed by atoms with Gasteiger partial charge < -0.3 is 9.47 Å². The van der Waals surface area contributed by atoms with E-state index in [1.807, 2.05) is 6.92 Å². The molecule has 4 heteroatoms. The smallest absolute Gasteiger partial charge is 0.332 e. The molecule has 0 aromatic rings. The fourth-order valence-corrected chi connectivity index (χ4v) is 0.869. The van der Waals surface area contributed by atoms with Crippen LogP contribution in [-0.2, 0) is 19.1 Å². The van der Waals surface area contributed by atoms with Gasteiger partial charge in [-0.2, -0.15) is 0 Å². The first kappa shape index (κ1) is 13.5. The molecule has 0 fully saturated rings. The number of esters is 2. The first-order valence-corrected chi connectivity index (χ1v) is 4.98. The zero-order valence-corrected chi connectivity index (χ0v) is 9.33. The van der Waals surface area contributed by atoms with E-state index in [4.69, 9.17) is 9.47 Å². The van der Waals surface area contributed by atoms with Gasteiger partial charge >= 0.3 is 11.9 Å². The van der Waals surface area contributed by atoms with E-state index in [2.05, 4.69) is 11.8 Å². The second kappa shape index (κ2) is 7.86. The van der Waals surface area contributed by atoms with E-state index in [0.29, 0.717) is 6.42 Å². The van der Waals surface area contributed by atoms with Crippen LogP contribution in [0.1, 0.15) is 27.2 Å². The standard InChI is InChI=1S/C11H16O4/c1-4-7-8-9(10(12)14-5-2)11(13)15-6-3/h9H,4-6H2,1-3H3. The molecule has 0 N–H and O–H groups in total. The molecule has 0 heterocycles. The minimum atomic E-state index is -1.11. The number of hydrogen-bond acceptors (Lipinski definition) is 4. The second-order valence-corrected chi connectivity index (χ2v) is 2.61. The summed E-state index contributed by atoms with van der Waals surface area (Å²) in [6, 6.07) is 0. The lowest BCUT2D eigenvalue weighted by atomic mass is 10.1. The Bertz CT molecular complexity index is 254. The summed E-state index contributed by atoms with van der Waals surface area (Å²) in [6.45, 7) is 5.63. The van der Waals surface area contributed by atoms with Gasteiger partial charge in [-0.1, -0.05) is 12.8 Å². The highest BCUT2D eigenvalue weighted by Gasteiger charge is 2.27. The molecule has 0 aliphatic heterocycles. The largest absolute Gasteiger partial charge is 0.465 e. The maximum atomic E-state index is 11.3. The zero-order valence-electron chi connectivity index (χ0n) is 9.33. The Morgan fingerprint density at radius 3 is 1.87 bits per heavy atom. The highest BCUT2D eigenvalue weighted by Crippen LogP contribution is 2.02. The van der Waals surface area contributed by atoms with Crippen LogP contribution in [0.5, 0.6) is 0 Å². The van der Waals surface area contributed by atoms with Gasteiger partial charge in [0.05, 0.1) is 13.2 Å². The van der Waals surface area contributed by atoms with Crippen LogP contribution < -0.4 is 0 Å². The molecule has 0 aliphatic carbocycles. The van der Waals surface area contributed by atoms with Crippen molar-refractivity contribution in [3.8, 4) is 11.8 Å². The highest BCUT2D eigenvalue weighted by atomic mass is 16.6. The lowest BCUT2D eigenvalue weighted by molar-refractivity contribution is -0.158. The minimum absolute atomic E-state index is 0.225. The van der Waals surface area contributed by atoms with Crippen molar-refractivity contribution in [3.05, 3.63) is 0 Å². The molecule has 0 atom stereocenters. The predicted octanol–water partition coefficient (Wildman–Crippen LogP) is 1.14. The molecule has 4 nitrogen and oxygen atoms in total. The molecule has 0 spiro atoms. The number of carbonyl (C=O) groups excluding carboxylic acids is 2. The van der Waals surface area contributed by atoms with Crippen molar-refractivity contribution in [2.45, 2.75) is 27.2 Å². The van der Waals surface area contributed by atoms with E-state index in [0.717, 1.165) is 0 Å². The molecule has 0 amide bonds. The Kier molecular flexibility index (Phi) is 7.08. The van der Waals surface area contributed by atoms with Crippen molar-refractivity contribution in [1.82, 2.24) is 0 Å². The molecule has 0 radical (unpaired) electrons. The number of ether oxygens (including phenoxy) is 2. The van der Waals surface area contributed by atoms with E-state index in [-0.39, 0.29) is 13.2 Å². The summed E-state index contributed by atoms with van der Waals surface area (Å²) in [6.07, 6.45) is 0.579. The molecule has 0 bridgehead atoms. The third-order valence-corrected chi connectivity index (χ3v) is 1.47. The predicted molar refractivity (Wildman–Crippen MR) is 54.8 cm³/mol. The molecule has 84 valence electrons. The fourth-order valence-electron chi connectivity index (χ4n) is 0.869. The summed E-state index contributed by atoms with van der Waals surface area (Å²) >= 11 is 0. The summed E-state index contributed by atoms with van der Waals surface area (Å²) in [4.78, 5) is 22.7. The van der Waals surface area contributed by atoms with Crippen LogP contribution >= 0.6 is 0 Å². The Hall–Kier alpha value is -1.50. The average molecular weight is 212 g/mol. The van der Waals surface area contributed by atoms with Crippen molar-refractivity contribution in [2.24, 2.45) is 5.92 Å². The van der Waals surface area contributed by atoms with E-state index < -0.39 is 17.9 Å². The third kappa shape index (κ3) is 5.06. The van der Waals surface area contributed by atoms with Gasteiger partial charge in [0.1, 0.15) is 0 Å². The van der Waals surface area contributed by atoms with Gasteiger partial charge in [-0.15, -0.1) is 5.92 Å². The quantitative estimate of drug-likeness (QED) is 0.398. The molecule has 0 aliphatic rings. The van der Waals surface area contributed by atoms with Crippen molar-refractivity contribution < 1.29 is 19.1 Å². The average Bonchev–Trinajstić information content (AvgIpc) is 2.19. The highest BCUT2D eigenvalue weighted by molar-refractivity contribution is 5.98. The van der Waals surface area contributed by atoms with Gasteiger partial charge in [0.2, 0.25) is 5.92 Å². The molecule has 0 aromatic carbocycles. The fraction of sp³-hybridized carbons (Fsp3) is 0.636. The minimum Gasteiger partial charge on any atom is -0.465 e. The molecule has 0 aromatic heterocycles. The summed E-state index contributed by atoms with van der Waals surface area (Å²) in [5, 5.41) is 0. The van der Waals surface area contributed by atoms with E-state index in [9.17, 15) is 9.59 Å². The van der Waals surface area contributed by atoms with E-state index in [1.165, 1.54) is 0 Å². The molecular formula is C11H16O4. The second-order valence-electron chi connectivity index (χ2n) is 2.61. The lowest BCUT2D eigenvalue weighted by Gasteiger charge is -2.08. The SMILES string of the molecule is CCC#CC(C(=O)OCC)C(=O)OCC. The number of rotatable bonds is 4. The van der Waals surface area contributed by atoms with Crippen molar-refractivity contribution in [3.63, 3.8) is 0 Å². The lowest BCUT2D eigenvalue weighted by Crippen LogP contribution is -2.26. The summed E-state index contributed by atoms with van der Waals surface area (Å²) < 4.78 is 9.45. The zero-order chi connectivity index (χ0) is 11.7. The maximum Gasteiger partial charge on any atom is 0.332 e. The number of carbonyl (C=O) groups is 2. The van der Waals surface area contributed by atoms with Gasteiger partial charge in [0.15, 0.2) is 0 Å². The van der Waals surface area contributed by atoms with Gasteiger partial charge in [-0.25, -0.2) is 0 Å². The van der Waals surface area contributed by atoms with Gasteiger partial charge in [0, 0.05) is 6.42 Å². The van der Waals surface area contributed by atoms with Crippen LogP contribution in [0.2, 0.25) is 0 Å². The Labute approximate surface area is 89.9 Å². The normalized spacial score (nSPS) is 9.07. The molecule has 0 rings (SSSR count). The first-order valence-electron chi connectivity index (χ1n) is 4.98. The Morgan fingerprint density at radius 1 is 1.07 bits per heavy atom. The van der Waals surface area contributed by atoms with Crippen molar-refractivity contribution >= 4 is 11.9 Å². The van der Waals surface area contributed by atoms with Crippen LogP contribution in [-0.4, -0.2) is 25.2 Å².